The predicted octanol–water partition coefficient (Wildman–Crippen LogP) is 2.36. The number of aryl methyl sites for hydroxylation is 1. The number of fused-ring (bicyclic) bond motifs is 1. The van der Waals surface area contributed by atoms with Gasteiger partial charge < -0.3 is 9.80 Å². The van der Waals surface area contributed by atoms with E-state index >= 15 is 0 Å². The summed E-state index contributed by atoms with van der Waals surface area (Å²) >= 11 is 0. The number of nitrogens with zero attached hydrogens (tertiary/aromatic N) is 3. The van der Waals surface area contributed by atoms with Crippen LogP contribution in [-0.2, 0) is 26.0 Å². The van der Waals surface area contributed by atoms with Gasteiger partial charge in [-0.25, -0.2) is 8.42 Å². The zero-order chi connectivity index (χ0) is 22.9. The molecule has 170 valence electrons. The van der Waals surface area contributed by atoms with E-state index < -0.39 is 10.0 Å². The van der Waals surface area contributed by atoms with Gasteiger partial charge >= 0.3 is 0 Å². The first-order valence-corrected chi connectivity index (χ1v) is 12.4. The molecule has 0 aliphatic carbocycles. The average Bonchev–Trinajstić information content (AvgIpc) is 2.79. The summed E-state index contributed by atoms with van der Waals surface area (Å²) in [5.74, 6) is -0.0864. The predicted molar refractivity (Wildman–Crippen MR) is 121 cm³/mol. The molecule has 4 rings (SSSR count). The highest BCUT2D eigenvalue weighted by Gasteiger charge is 2.34. The van der Waals surface area contributed by atoms with Gasteiger partial charge in [0.1, 0.15) is 0 Å². The fourth-order valence-electron chi connectivity index (χ4n) is 4.58. The summed E-state index contributed by atoms with van der Waals surface area (Å²) in [6, 6.07) is 14.5. The molecule has 0 aromatic heterocycles. The highest BCUT2D eigenvalue weighted by molar-refractivity contribution is 7.89. The maximum atomic E-state index is 13.1. The Morgan fingerprint density at radius 3 is 2.25 bits per heavy atom. The van der Waals surface area contributed by atoms with Gasteiger partial charge in [-0.15, -0.1) is 0 Å². The first-order valence-electron chi connectivity index (χ1n) is 11.0. The number of piperazine rings is 1. The number of sulfonamides is 1. The molecule has 0 saturated carbocycles. The Morgan fingerprint density at radius 1 is 0.938 bits per heavy atom. The number of hydrogen-bond donors (Lipinski definition) is 0. The van der Waals surface area contributed by atoms with Crippen molar-refractivity contribution in [2.24, 2.45) is 0 Å². The lowest BCUT2D eigenvalue weighted by Crippen LogP contribution is -2.51. The van der Waals surface area contributed by atoms with E-state index in [1.807, 2.05) is 25.1 Å². The number of amides is 2. The summed E-state index contributed by atoms with van der Waals surface area (Å²) in [7, 11) is -3.57. The van der Waals surface area contributed by atoms with Crippen molar-refractivity contribution in [2.75, 3.05) is 32.7 Å². The van der Waals surface area contributed by atoms with Gasteiger partial charge in [0.2, 0.25) is 21.8 Å². The Balaban J connectivity index is 1.43. The molecule has 1 fully saturated rings. The second-order valence-corrected chi connectivity index (χ2v) is 10.4. The Kier molecular flexibility index (Phi) is 6.35. The van der Waals surface area contributed by atoms with Gasteiger partial charge in [0, 0.05) is 39.6 Å². The first-order chi connectivity index (χ1) is 15.3. The maximum Gasteiger partial charge on any atom is 0.243 e. The largest absolute Gasteiger partial charge is 0.340 e. The van der Waals surface area contributed by atoms with Crippen molar-refractivity contribution in [1.29, 1.82) is 0 Å². The molecule has 0 bridgehead atoms. The molecule has 2 aliphatic rings. The summed E-state index contributed by atoms with van der Waals surface area (Å²) in [5.41, 5.74) is 3.21. The van der Waals surface area contributed by atoms with Crippen molar-refractivity contribution in [3.05, 3.63) is 65.2 Å². The molecule has 2 heterocycles. The van der Waals surface area contributed by atoms with Gasteiger partial charge in [-0.3, -0.25) is 9.59 Å². The molecule has 0 N–H and O–H groups in total. The van der Waals surface area contributed by atoms with Gasteiger partial charge in [0.15, 0.2) is 0 Å². The van der Waals surface area contributed by atoms with Crippen molar-refractivity contribution < 1.29 is 18.0 Å². The van der Waals surface area contributed by atoms with E-state index in [1.165, 1.54) is 9.87 Å². The van der Waals surface area contributed by atoms with Crippen LogP contribution in [0.5, 0.6) is 0 Å². The van der Waals surface area contributed by atoms with E-state index in [0.717, 1.165) is 17.5 Å². The van der Waals surface area contributed by atoms with E-state index in [4.69, 9.17) is 0 Å². The van der Waals surface area contributed by atoms with Crippen LogP contribution in [0.25, 0.3) is 0 Å². The first kappa shape index (κ1) is 22.5. The van der Waals surface area contributed by atoms with E-state index in [-0.39, 0.29) is 42.3 Å². The summed E-state index contributed by atoms with van der Waals surface area (Å²) in [4.78, 5) is 29.1. The average molecular weight is 456 g/mol. The van der Waals surface area contributed by atoms with Crippen LogP contribution in [0.3, 0.4) is 0 Å². The third kappa shape index (κ3) is 4.42. The van der Waals surface area contributed by atoms with Gasteiger partial charge in [-0.05, 0) is 36.6 Å². The summed E-state index contributed by atoms with van der Waals surface area (Å²) < 4.78 is 27.3. The molecular weight excluding hydrogens is 426 g/mol. The van der Waals surface area contributed by atoms with Gasteiger partial charge in [0.25, 0.3) is 0 Å². The van der Waals surface area contributed by atoms with Crippen LogP contribution in [-0.4, -0.2) is 67.1 Å². The smallest absolute Gasteiger partial charge is 0.243 e. The third-order valence-electron chi connectivity index (χ3n) is 6.43. The minimum Gasteiger partial charge on any atom is -0.340 e. The molecule has 2 aromatic rings. The number of carbonyl (C=O) groups is 2. The zero-order valence-corrected chi connectivity index (χ0v) is 19.3. The standard InChI is InChI=1S/C24H29N3O4S/c1-18-7-9-21(10-8-18)32(30,31)26-15-13-25(14-16-26)24(29)17-23-22-6-4-3-5-20(22)11-12-27(23)19(2)28/h3-10,23H,11-17H2,1-2H3. The highest BCUT2D eigenvalue weighted by atomic mass is 32.2. The molecular formula is C24H29N3O4S. The second kappa shape index (κ2) is 9.03. The van der Waals surface area contributed by atoms with E-state index in [9.17, 15) is 18.0 Å². The number of benzene rings is 2. The maximum absolute atomic E-state index is 13.1. The molecule has 7 nitrogen and oxygen atoms in total. The molecule has 0 spiro atoms. The van der Waals surface area contributed by atoms with Crippen molar-refractivity contribution in [2.45, 2.75) is 37.6 Å². The fraction of sp³-hybridized carbons (Fsp3) is 0.417. The van der Waals surface area contributed by atoms with Crippen LogP contribution in [0.1, 0.15) is 36.1 Å². The lowest BCUT2D eigenvalue weighted by atomic mass is 9.90. The van der Waals surface area contributed by atoms with Crippen LogP contribution < -0.4 is 0 Å². The minimum absolute atomic E-state index is 0.0358. The molecule has 1 saturated heterocycles. The molecule has 1 unspecified atom stereocenters. The molecule has 8 heteroatoms. The van der Waals surface area contributed by atoms with E-state index in [2.05, 4.69) is 6.07 Å². The monoisotopic (exact) mass is 455 g/mol. The van der Waals surface area contributed by atoms with Crippen molar-refractivity contribution >= 4 is 21.8 Å². The van der Waals surface area contributed by atoms with Gasteiger partial charge in [-0.1, -0.05) is 42.0 Å². The molecule has 0 radical (unpaired) electrons. The Hall–Kier alpha value is -2.71. The number of rotatable bonds is 4. The number of hydrogen-bond acceptors (Lipinski definition) is 4. The summed E-state index contributed by atoms with van der Waals surface area (Å²) in [6.45, 7) is 5.28. The van der Waals surface area contributed by atoms with Crippen molar-refractivity contribution in [1.82, 2.24) is 14.1 Å². The highest BCUT2D eigenvalue weighted by Crippen LogP contribution is 2.33. The fourth-order valence-corrected chi connectivity index (χ4v) is 6.00. The SMILES string of the molecule is CC(=O)N1CCc2ccccc2C1CC(=O)N1CCN(S(=O)(=O)c2ccc(C)cc2)CC1. The lowest BCUT2D eigenvalue weighted by Gasteiger charge is -2.39. The molecule has 32 heavy (non-hydrogen) atoms. The van der Waals surface area contributed by atoms with E-state index in [1.54, 1.807) is 41.0 Å². The normalized spacial score (nSPS) is 19.5. The van der Waals surface area contributed by atoms with Crippen LogP contribution in [0.15, 0.2) is 53.4 Å². The molecule has 2 aliphatic heterocycles. The topological polar surface area (TPSA) is 78.0 Å². The van der Waals surface area contributed by atoms with Crippen LogP contribution >= 0.6 is 0 Å². The lowest BCUT2D eigenvalue weighted by molar-refractivity contribution is -0.137. The zero-order valence-electron chi connectivity index (χ0n) is 18.5. The van der Waals surface area contributed by atoms with Gasteiger partial charge in [-0.2, -0.15) is 4.31 Å². The van der Waals surface area contributed by atoms with Crippen LogP contribution in [0.4, 0.5) is 0 Å². The van der Waals surface area contributed by atoms with Gasteiger partial charge in [0.05, 0.1) is 17.4 Å². The van der Waals surface area contributed by atoms with Crippen LogP contribution in [0.2, 0.25) is 0 Å². The van der Waals surface area contributed by atoms with Crippen LogP contribution in [0, 0.1) is 6.92 Å². The summed E-state index contributed by atoms with van der Waals surface area (Å²) in [6.07, 6.45) is 0.997. The van der Waals surface area contributed by atoms with Crippen molar-refractivity contribution in [3.8, 4) is 0 Å². The third-order valence-corrected chi connectivity index (χ3v) is 8.35. The quantitative estimate of drug-likeness (QED) is 0.709. The Morgan fingerprint density at radius 2 is 1.59 bits per heavy atom. The Labute approximate surface area is 189 Å². The second-order valence-electron chi connectivity index (χ2n) is 8.48. The molecule has 2 amide bonds. The van der Waals surface area contributed by atoms with E-state index in [0.29, 0.717) is 19.6 Å². The minimum atomic E-state index is -3.57. The molecule has 1 atom stereocenters. The Bertz CT molecular complexity index is 1110. The molecule has 2 aromatic carbocycles. The summed E-state index contributed by atoms with van der Waals surface area (Å²) in [5, 5.41) is 0. The number of carbonyl (C=O) groups excluding carboxylic acids is 2. The van der Waals surface area contributed by atoms with Crippen molar-refractivity contribution in [3.63, 3.8) is 0 Å².